The first-order valence-electron chi connectivity index (χ1n) is 5.60. The van der Waals surface area contributed by atoms with Gasteiger partial charge in [0, 0.05) is 12.1 Å². The number of ether oxygens (including phenoxy) is 2. The van der Waals surface area contributed by atoms with Crippen molar-refractivity contribution in [2.45, 2.75) is 0 Å². The molecule has 2 aromatic rings. The number of benzene rings is 1. The maximum absolute atomic E-state index is 8.93. The second kappa shape index (κ2) is 5.59. The molecule has 0 atom stereocenters. The largest absolute Gasteiger partial charge is 0.497 e. The van der Waals surface area contributed by atoms with Crippen molar-refractivity contribution in [3.8, 4) is 29.5 Å². The zero-order valence-electron chi connectivity index (χ0n) is 10.6. The lowest BCUT2D eigenvalue weighted by molar-refractivity contribution is 0.407. The number of pyridine rings is 1. The molecule has 0 aliphatic carbocycles. The number of anilines is 1. The van der Waals surface area contributed by atoms with E-state index in [2.05, 4.69) is 4.98 Å². The Bertz CT molecular complexity index is 729. The van der Waals surface area contributed by atoms with Gasteiger partial charge in [-0.2, -0.15) is 10.5 Å². The van der Waals surface area contributed by atoms with Gasteiger partial charge in [-0.25, -0.2) is 4.98 Å². The molecular weight excluding hydrogens is 256 g/mol. The Labute approximate surface area is 115 Å². The van der Waals surface area contributed by atoms with Gasteiger partial charge in [0.25, 0.3) is 0 Å². The maximum Gasteiger partial charge on any atom is 0.220 e. The third-order valence-electron chi connectivity index (χ3n) is 2.47. The molecule has 0 unspecified atom stereocenters. The summed E-state index contributed by atoms with van der Waals surface area (Å²) in [7, 11) is 1.50. The highest BCUT2D eigenvalue weighted by Crippen LogP contribution is 2.27. The fourth-order valence-electron chi connectivity index (χ4n) is 1.53. The van der Waals surface area contributed by atoms with Crippen molar-refractivity contribution in [3.05, 3.63) is 41.6 Å². The van der Waals surface area contributed by atoms with E-state index < -0.39 is 0 Å². The van der Waals surface area contributed by atoms with Gasteiger partial charge >= 0.3 is 0 Å². The monoisotopic (exact) mass is 266 g/mol. The number of nitrogens with zero attached hydrogens (tertiary/aromatic N) is 3. The Morgan fingerprint density at radius 2 is 1.85 bits per heavy atom. The molecule has 0 aliphatic rings. The van der Waals surface area contributed by atoms with Gasteiger partial charge < -0.3 is 15.2 Å². The van der Waals surface area contributed by atoms with Crippen LogP contribution >= 0.6 is 0 Å². The highest BCUT2D eigenvalue weighted by molar-refractivity contribution is 5.51. The maximum atomic E-state index is 8.93. The van der Waals surface area contributed by atoms with Gasteiger partial charge in [-0.1, -0.05) is 0 Å². The first-order valence-corrected chi connectivity index (χ1v) is 5.60. The third-order valence-corrected chi connectivity index (χ3v) is 2.47. The Hall–Kier alpha value is -3.25. The first-order chi connectivity index (χ1) is 9.66. The molecule has 6 nitrogen and oxygen atoms in total. The Kier molecular flexibility index (Phi) is 3.69. The average molecular weight is 266 g/mol. The second-order valence-electron chi connectivity index (χ2n) is 3.81. The molecule has 1 aromatic heterocycles. The molecule has 0 saturated carbocycles. The summed E-state index contributed by atoms with van der Waals surface area (Å²) >= 11 is 0. The Balaban J connectivity index is 2.35. The van der Waals surface area contributed by atoms with Crippen LogP contribution in [-0.2, 0) is 0 Å². The molecule has 20 heavy (non-hydrogen) atoms. The van der Waals surface area contributed by atoms with Crippen molar-refractivity contribution in [2.75, 3.05) is 12.8 Å². The van der Waals surface area contributed by atoms with Crippen molar-refractivity contribution >= 4 is 5.69 Å². The number of nitrogen functional groups attached to an aromatic ring is 1. The molecule has 0 fully saturated rings. The van der Waals surface area contributed by atoms with Gasteiger partial charge in [0.1, 0.15) is 17.6 Å². The van der Waals surface area contributed by atoms with E-state index >= 15 is 0 Å². The van der Waals surface area contributed by atoms with Crippen LogP contribution in [0.2, 0.25) is 0 Å². The van der Waals surface area contributed by atoms with Crippen LogP contribution in [-0.4, -0.2) is 12.1 Å². The number of hydrogen-bond donors (Lipinski definition) is 1. The van der Waals surface area contributed by atoms with E-state index in [4.69, 9.17) is 25.7 Å². The molecule has 98 valence electrons. The zero-order valence-corrected chi connectivity index (χ0v) is 10.6. The molecule has 0 radical (unpaired) electrons. The van der Waals surface area contributed by atoms with Crippen molar-refractivity contribution < 1.29 is 9.47 Å². The van der Waals surface area contributed by atoms with E-state index in [1.54, 1.807) is 24.3 Å². The van der Waals surface area contributed by atoms with Crippen LogP contribution in [0.4, 0.5) is 5.69 Å². The van der Waals surface area contributed by atoms with E-state index in [1.165, 1.54) is 13.2 Å². The summed E-state index contributed by atoms with van der Waals surface area (Å²) in [6.45, 7) is 0. The highest BCUT2D eigenvalue weighted by atomic mass is 16.5. The molecule has 0 amide bonds. The van der Waals surface area contributed by atoms with Gasteiger partial charge in [0.2, 0.25) is 5.88 Å². The highest BCUT2D eigenvalue weighted by Gasteiger charge is 2.07. The average Bonchev–Trinajstić information content (AvgIpc) is 2.48. The van der Waals surface area contributed by atoms with Crippen LogP contribution < -0.4 is 15.2 Å². The van der Waals surface area contributed by atoms with E-state index in [-0.39, 0.29) is 17.3 Å². The number of aromatic nitrogens is 1. The van der Waals surface area contributed by atoms with Crippen molar-refractivity contribution in [3.63, 3.8) is 0 Å². The number of nitriles is 2. The normalized spacial score (nSPS) is 9.35. The van der Waals surface area contributed by atoms with E-state index in [1.807, 2.05) is 12.1 Å². The van der Waals surface area contributed by atoms with Crippen molar-refractivity contribution in [1.29, 1.82) is 10.5 Å². The fraction of sp³-hybridized carbons (Fsp3) is 0.0714. The lowest BCUT2D eigenvalue weighted by Gasteiger charge is -2.08. The third kappa shape index (κ3) is 2.77. The van der Waals surface area contributed by atoms with Gasteiger partial charge in [-0.3, -0.25) is 0 Å². The molecule has 6 heteroatoms. The van der Waals surface area contributed by atoms with E-state index in [9.17, 15) is 0 Å². The van der Waals surface area contributed by atoms with Crippen LogP contribution in [0.15, 0.2) is 30.3 Å². The van der Waals surface area contributed by atoms with Crippen molar-refractivity contribution in [2.24, 2.45) is 0 Å². The molecule has 0 saturated heterocycles. The summed E-state index contributed by atoms with van der Waals surface area (Å²) in [5.41, 5.74) is 6.35. The van der Waals surface area contributed by atoms with Gasteiger partial charge in [0.15, 0.2) is 5.69 Å². The minimum atomic E-state index is 0.0888. The van der Waals surface area contributed by atoms with Crippen LogP contribution in [0.1, 0.15) is 11.3 Å². The summed E-state index contributed by atoms with van der Waals surface area (Å²) in [4.78, 5) is 3.96. The summed E-state index contributed by atoms with van der Waals surface area (Å²) in [6.07, 6.45) is 0. The van der Waals surface area contributed by atoms with Crippen LogP contribution in [0.3, 0.4) is 0 Å². The van der Waals surface area contributed by atoms with E-state index in [0.29, 0.717) is 17.1 Å². The number of nitrogens with two attached hydrogens (primary N) is 1. The SMILES string of the molecule is COc1cc(C#N)cc(Oc2ccc(N)c(C#N)n2)c1. The minimum Gasteiger partial charge on any atom is -0.497 e. The minimum absolute atomic E-state index is 0.0888. The van der Waals surface area contributed by atoms with Gasteiger partial charge in [0.05, 0.1) is 24.4 Å². The zero-order chi connectivity index (χ0) is 14.5. The predicted molar refractivity (Wildman–Crippen MR) is 71.1 cm³/mol. The first kappa shape index (κ1) is 13.2. The summed E-state index contributed by atoms with van der Waals surface area (Å²) in [6, 6.07) is 11.7. The standard InChI is InChI=1S/C14H10N4O2/c1-19-10-4-9(7-15)5-11(6-10)20-14-3-2-12(17)13(8-16)18-14/h2-6H,17H2,1H3. The molecule has 2 rings (SSSR count). The quantitative estimate of drug-likeness (QED) is 0.913. The number of rotatable bonds is 3. The summed E-state index contributed by atoms with van der Waals surface area (Å²) < 4.78 is 10.6. The Morgan fingerprint density at radius 3 is 2.50 bits per heavy atom. The topological polar surface area (TPSA) is 105 Å². The molecule has 0 bridgehead atoms. The number of methoxy groups -OCH3 is 1. The molecule has 2 N–H and O–H groups in total. The Morgan fingerprint density at radius 1 is 1.10 bits per heavy atom. The number of hydrogen-bond acceptors (Lipinski definition) is 6. The second-order valence-corrected chi connectivity index (χ2v) is 3.81. The smallest absolute Gasteiger partial charge is 0.220 e. The summed E-state index contributed by atoms with van der Waals surface area (Å²) in [5.74, 6) is 1.10. The van der Waals surface area contributed by atoms with E-state index in [0.717, 1.165) is 0 Å². The van der Waals surface area contributed by atoms with Crippen LogP contribution in [0, 0.1) is 22.7 Å². The van der Waals surface area contributed by atoms with Gasteiger partial charge in [-0.05, 0) is 18.2 Å². The molecule has 0 aliphatic heterocycles. The molecule has 1 heterocycles. The summed E-state index contributed by atoms with van der Waals surface area (Å²) in [5, 5.41) is 17.8. The molecular formula is C14H10N4O2. The van der Waals surface area contributed by atoms with Crippen molar-refractivity contribution in [1.82, 2.24) is 4.98 Å². The molecule has 1 aromatic carbocycles. The fourth-order valence-corrected chi connectivity index (χ4v) is 1.53. The lowest BCUT2D eigenvalue weighted by atomic mass is 10.2. The van der Waals surface area contributed by atoms with Gasteiger partial charge in [-0.15, -0.1) is 0 Å². The lowest BCUT2D eigenvalue weighted by Crippen LogP contribution is -1.96. The van der Waals surface area contributed by atoms with Crippen LogP contribution in [0.5, 0.6) is 17.4 Å². The predicted octanol–water partition coefficient (Wildman–Crippen LogP) is 2.21. The van der Waals surface area contributed by atoms with Crippen LogP contribution in [0.25, 0.3) is 0 Å². The molecule has 0 spiro atoms.